The summed E-state index contributed by atoms with van der Waals surface area (Å²) in [5, 5.41) is 5.10. The van der Waals surface area contributed by atoms with E-state index in [1.807, 2.05) is 0 Å². The van der Waals surface area contributed by atoms with Crippen LogP contribution >= 0.6 is 19.8 Å². The lowest BCUT2D eigenvalue weighted by molar-refractivity contribution is 0.594. The lowest BCUT2D eigenvalue weighted by Gasteiger charge is -2.15. The molecule has 0 atom stereocenters. The standard InChI is InChI=1S/C10H14INO4S/c1-5-6(2)8(4)10(17(12,15)16)9(7(5)3)11(13)14/h1-4H3,(H2,12,15,16). The highest BCUT2D eigenvalue weighted by molar-refractivity contribution is 14.2. The first-order valence-corrected chi connectivity index (χ1v) is 9.16. The van der Waals surface area contributed by atoms with E-state index < -0.39 is 29.8 Å². The van der Waals surface area contributed by atoms with Crippen molar-refractivity contribution < 1.29 is 14.6 Å². The van der Waals surface area contributed by atoms with Crippen LogP contribution in [0.25, 0.3) is 0 Å². The number of hydrogen-bond donors (Lipinski definition) is 1. The second-order valence-corrected chi connectivity index (χ2v) is 7.72. The van der Waals surface area contributed by atoms with Crippen LogP contribution in [0.15, 0.2) is 4.90 Å². The summed E-state index contributed by atoms with van der Waals surface area (Å²) in [6, 6.07) is 0. The number of primary sulfonamides is 1. The number of halogens is 1. The van der Waals surface area contributed by atoms with Crippen molar-refractivity contribution in [2.75, 3.05) is 0 Å². The molecule has 0 heterocycles. The molecule has 0 aliphatic rings. The van der Waals surface area contributed by atoms with Crippen LogP contribution in [0.1, 0.15) is 22.3 Å². The Hall–Kier alpha value is -0.540. The molecule has 0 aliphatic heterocycles. The van der Waals surface area contributed by atoms with Crippen LogP contribution in [0, 0.1) is 31.3 Å². The van der Waals surface area contributed by atoms with Gasteiger partial charge >= 0.3 is 19.8 Å². The van der Waals surface area contributed by atoms with Gasteiger partial charge in [0.15, 0.2) is 0 Å². The lowest BCUT2D eigenvalue weighted by atomic mass is 10.00. The van der Waals surface area contributed by atoms with Gasteiger partial charge in [-0.3, -0.25) is 0 Å². The maximum Gasteiger partial charge on any atom is 0.342 e. The smallest absolute Gasteiger partial charge is 0.230 e. The minimum atomic E-state index is -4.03. The van der Waals surface area contributed by atoms with Crippen molar-refractivity contribution in [1.82, 2.24) is 0 Å². The van der Waals surface area contributed by atoms with E-state index in [1.165, 1.54) is 0 Å². The van der Waals surface area contributed by atoms with E-state index in [4.69, 9.17) is 5.14 Å². The van der Waals surface area contributed by atoms with Crippen molar-refractivity contribution in [3.63, 3.8) is 0 Å². The molecule has 17 heavy (non-hydrogen) atoms. The molecule has 0 aliphatic carbocycles. The molecule has 0 unspecified atom stereocenters. The average Bonchev–Trinajstić information content (AvgIpc) is 2.17. The first kappa shape index (κ1) is 14.5. The first-order chi connectivity index (χ1) is 7.59. The SMILES string of the molecule is Cc1c(C)c(C)c(S(N)(=O)=O)c(I(=O)=O)c1C. The summed E-state index contributed by atoms with van der Waals surface area (Å²) < 4.78 is 45.6. The molecule has 0 spiro atoms. The molecule has 7 heteroatoms. The van der Waals surface area contributed by atoms with E-state index in [2.05, 4.69) is 0 Å². The van der Waals surface area contributed by atoms with Crippen LogP contribution in [0.2, 0.25) is 0 Å². The van der Waals surface area contributed by atoms with Crippen molar-refractivity contribution in [3.8, 4) is 0 Å². The number of benzene rings is 1. The Bertz CT molecular complexity index is 652. The Morgan fingerprint density at radius 1 is 0.882 bits per heavy atom. The number of rotatable bonds is 2. The zero-order chi connectivity index (χ0) is 13.5. The fourth-order valence-electron chi connectivity index (χ4n) is 1.76. The molecule has 1 aromatic rings. The van der Waals surface area contributed by atoms with Crippen LogP contribution in [0.3, 0.4) is 0 Å². The topological polar surface area (TPSA) is 94.3 Å². The van der Waals surface area contributed by atoms with Gasteiger partial charge < -0.3 is 0 Å². The van der Waals surface area contributed by atoms with E-state index in [-0.39, 0.29) is 8.47 Å². The maximum atomic E-state index is 11.5. The van der Waals surface area contributed by atoms with Crippen molar-refractivity contribution >= 4 is 29.8 Å². The van der Waals surface area contributed by atoms with Gasteiger partial charge in [-0.05, 0) is 49.9 Å². The fourth-order valence-corrected chi connectivity index (χ4v) is 5.95. The Balaban J connectivity index is 4.07. The van der Waals surface area contributed by atoms with Gasteiger partial charge in [0.05, 0.1) is 3.57 Å². The Morgan fingerprint density at radius 3 is 1.65 bits per heavy atom. The third-order valence-electron chi connectivity index (χ3n) is 3.00. The Labute approximate surface area is 108 Å². The van der Waals surface area contributed by atoms with Crippen LogP contribution in [0.4, 0.5) is 0 Å². The zero-order valence-corrected chi connectivity index (χ0v) is 13.0. The highest BCUT2D eigenvalue weighted by atomic mass is 127. The number of nitrogens with two attached hydrogens (primary N) is 1. The molecule has 0 aromatic heterocycles. The quantitative estimate of drug-likeness (QED) is 0.804. The van der Waals surface area contributed by atoms with Gasteiger partial charge in [0.1, 0.15) is 4.90 Å². The number of hydrogen-bond acceptors (Lipinski definition) is 4. The third-order valence-corrected chi connectivity index (χ3v) is 6.67. The van der Waals surface area contributed by atoms with Crippen LogP contribution in [0.5, 0.6) is 0 Å². The van der Waals surface area contributed by atoms with E-state index in [9.17, 15) is 14.6 Å². The molecular weight excluding hydrogens is 357 g/mol. The normalized spacial score (nSPS) is 12.1. The van der Waals surface area contributed by atoms with Gasteiger partial charge in [0, 0.05) is 0 Å². The van der Waals surface area contributed by atoms with Crippen LogP contribution < -0.4 is 5.14 Å². The third kappa shape index (κ3) is 2.50. The summed E-state index contributed by atoms with van der Waals surface area (Å²) in [5.74, 6) is 0. The summed E-state index contributed by atoms with van der Waals surface area (Å²) in [5.41, 5.74) is 2.44. The minimum Gasteiger partial charge on any atom is -0.230 e. The molecule has 96 valence electrons. The van der Waals surface area contributed by atoms with Gasteiger partial charge in [0.25, 0.3) is 0 Å². The fraction of sp³-hybridized carbons (Fsp3) is 0.400. The second-order valence-electron chi connectivity index (χ2n) is 3.91. The summed E-state index contributed by atoms with van der Waals surface area (Å²) in [6.45, 7) is 6.70. The Morgan fingerprint density at radius 2 is 1.29 bits per heavy atom. The molecule has 0 fully saturated rings. The molecule has 0 amide bonds. The minimum absolute atomic E-state index is 0.0997. The highest BCUT2D eigenvalue weighted by Gasteiger charge is 2.25. The van der Waals surface area contributed by atoms with E-state index in [0.29, 0.717) is 11.1 Å². The zero-order valence-electron chi connectivity index (χ0n) is 10.00. The molecule has 0 saturated carbocycles. The average molecular weight is 371 g/mol. The predicted octanol–water partition coefficient (Wildman–Crippen LogP) is 1.93. The molecule has 5 nitrogen and oxygen atoms in total. The van der Waals surface area contributed by atoms with Gasteiger partial charge in [-0.25, -0.2) is 19.7 Å². The molecular formula is C10H14INO4S. The number of sulfonamides is 1. The van der Waals surface area contributed by atoms with Crippen molar-refractivity contribution in [2.45, 2.75) is 32.6 Å². The summed E-state index contributed by atoms with van der Waals surface area (Å²) in [6.07, 6.45) is 0. The largest absolute Gasteiger partial charge is 0.342 e. The predicted molar refractivity (Wildman–Crippen MR) is 70.9 cm³/mol. The van der Waals surface area contributed by atoms with Crippen molar-refractivity contribution in [2.24, 2.45) is 5.14 Å². The first-order valence-electron chi connectivity index (χ1n) is 4.77. The van der Waals surface area contributed by atoms with E-state index in [0.717, 1.165) is 11.1 Å². The summed E-state index contributed by atoms with van der Waals surface area (Å²) in [7, 11) is -4.03. The van der Waals surface area contributed by atoms with Crippen LogP contribution in [-0.4, -0.2) is 8.42 Å². The van der Waals surface area contributed by atoms with Gasteiger partial charge in [-0.2, -0.15) is 0 Å². The highest BCUT2D eigenvalue weighted by Crippen LogP contribution is 2.34. The molecule has 1 aromatic carbocycles. The van der Waals surface area contributed by atoms with Gasteiger partial charge in [-0.15, -0.1) is 0 Å². The lowest BCUT2D eigenvalue weighted by Crippen LogP contribution is -2.18. The van der Waals surface area contributed by atoms with E-state index in [1.54, 1.807) is 27.7 Å². The maximum absolute atomic E-state index is 11.5. The molecule has 0 bridgehead atoms. The van der Waals surface area contributed by atoms with E-state index >= 15 is 0 Å². The molecule has 0 saturated heterocycles. The Kier molecular flexibility index (Phi) is 3.94. The van der Waals surface area contributed by atoms with Gasteiger partial charge in [-0.1, -0.05) is 0 Å². The molecule has 0 radical (unpaired) electrons. The van der Waals surface area contributed by atoms with Crippen molar-refractivity contribution in [1.29, 1.82) is 0 Å². The van der Waals surface area contributed by atoms with Gasteiger partial charge in [0.2, 0.25) is 10.0 Å². The van der Waals surface area contributed by atoms with Crippen LogP contribution in [-0.2, 0) is 16.2 Å². The van der Waals surface area contributed by atoms with Crippen molar-refractivity contribution in [3.05, 3.63) is 25.8 Å². The molecule has 2 N–H and O–H groups in total. The summed E-state index contributed by atoms with van der Waals surface area (Å²) >= 11 is -3.92. The monoisotopic (exact) mass is 371 g/mol. The molecule has 1 rings (SSSR count). The summed E-state index contributed by atoms with van der Waals surface area (Å²) in [4.78, 5) is -0.242. The second kappa shape index (κ2) is 4.62.